The van der Waals surface area contributed by atoms with E-state index in [0.717, 1.165) is 27.7 Å². The van der Waals surface area contributed by atoms with Gasteiger partial charge in [0.2, 0.25) is 0 Å². The molecule has 0 aromatic heterocycles. The van der Waals surface area contributed by atoms with Gasteiger partial charge in [0.05, 0.1) is 44.1 Å². The number of aliphatic hydroxyl groups is 2. The zero-order chi connectivity index (χ0) is 40.9. The number of rotatable bonds is 14. The maximum atomic E-state index is 12.0. The summed E-state index contributed by atoms with van der Waals surface area (Å²) >= 11 is 3.37. The second-order valence-corrected chi connectivity index (χ2v) is 18.5. The number of hydrogen-bond donors (Lipinski definition) is 4. The molecular weight excluding hydrogens is 757 g/mol. The van der Waals surface area contributed by atoms with Crippen LogP contribution in [0.2, 0.25) is 0 Å². The van der Waals surface area contributed by atoms with Gasteiger partial charge in [-0.05, 0) is 60.3 Å². The van der Waals surface area contributed by atoms with Crippen molar-refractivity contribution in [2.45, 2.75) is 123 Å². The van der Waals surface area contributed by atoms with Crippen molar-refractivity contribution >= 4 is 47.6 Å². The van der Waals surface area contributed by atoms with Crippen molar-refractivity contribution in [3.05, 3.63) is 22.0 Å². The maximum absolute atomic E-state index is 12.0. The molecule has 0 bridgehead atoms. The molecular formula is C38H62N2O13S2. The number of amides is 2. The molecule has 4 N–H and O–H groups in total. The Balaban J connectivity index is 0.000000259. The summed E-state index contributed by atoms with van der Waals surface area (Å²) in [5.41, 5.74) is -1.06. The summed E-state index contributed by atoms with van der Waals surface area (Å²) in [5.74, 6) is 0.523. The van der Waals surface area contributed by atoms with Gasteiger partial charge in [-0.15, -0.1) is 23.5 Å². The molecule has 5 rings (SSSR count). The van der Waals surface area contributed by atoms with Gasteiger partial charge in [0.1, 0.15) is 13.2 Å². The van der Waals surface area contributed by atoms with Gasteiger partial charge in [0.15, 0.2) is 18.0 Å². The summed E-state index contributed by atoms with van der Waals surface area (Å²) < 4.78 is 37.2. The van der Waals surface area contributed by atoms with E-state index in [1.54, 1.807) is 37.6 Å². The Morgan fingerprint density at radius 1 is 0.818 bits per heavy atom. The minimum Gasteiger partial charge on any atom is -0.465 e. The van der Waals surface area contributed by atoms with E-state index in [9.17, 15) is 19.2 Å². The highest BCUT2D eigenvalue weighted by molar-refractivity contribution is 8.03. The number of alkyl carbamates (subject to hydrolysis) is 2. The van der Waals surface area contributed by atoms with Crippen molar-refractivity contribution in [3.63, 3.8) is 0 Å². The molecule has 5 aliphatic heterocycles. The van der Waals surface area contributed by atoms with Gasteiger partial charge in [-0.1, -0.05) is 26.0 Å². The Labute approximate surface area is 333 Å². The molecule has 5 fully saturated rings. The van der Waals surface area contributed by atoms with Gasteiger partial charge < -0.3 is 54.0 Å². The molecule has 17 heteroatoms. The second-order valence-electron chi connectivity index (χ2n) is 16.3. The van der Waals surface area contributed by atoms with Crippen LogP contribution in [0.25, 0.3) is 0 Å². The molecule has 0 saturated carbocycles. The van der Waals surface area contributed by atoms with Crippen molar-refractivity contribution in [1.29, 1.82) is 0 Å². The SMILES string of the molecule is CC(CO)(CO)COC(=O)CCCC=C1SCC2NC(=O)O[C@H]12.CC1(COC(=O)CCCC=C2SCC3NC(=O)O[C@H]23)COC(C)(C)OC1.COC(C)(C)C. The predicted molar refractivity (Wildman–Crippen MR) is 208 cm³/mol. The topological polar surface area (TPSA) is 197 Å². The first-order valence-electron chi connectivity index (χ1n) is 18.8. The number of allylic oxidation sites excluding steroid dienone is 2. The van der Waals surface area contributed by atoms with E-state index < -0.39 is 11.2 Å². The van der Waals surface area contributed by atoms with Gasteiger partial charge in [0, 0.05) is 52.1 Å². The van der Waals surface area contributed by atoms with Crippen molar-refractivity contribution in [1.82, 2.24) is 10.6 Å². The van der Waals surface area contributed by atoms with E-state index in [-0.39, 0.29) is 85.7 Å². The monoisotopic (exact) mass is 818 g/mol. The third kappa shape index (κ3) is 16.1. The van der Waals surface area contributed by atoms with Crippen LogP contribution in [0.1, 0.15) is 87.0 Å². The summed E-state index contributed by atoms with van der Waals surface area (Å²) in [6, 6.07) is 0.132. The highest BCUT2D eigenvalue weighted by Crippen LogP contribution is 2.38. The van der Waals surface area contributed by atoms with E-state index in [2.05, 4.69) is 16.7 Å². The number of aliphatic hydroxyl groups excluding tert-OH is 2. The number of carbonyl (C=O) groups excluding carboxylic acids is 4. The number of thioether (sulfide) groups is 2. The number of nitrogens with one attached hydrogen (secondary N) is 2. The molecule has 2 amide bonds. The van der Waals surface area contributed by atoms with E-state index >= 15 is 0 Å². The van der Waals surface area contributed by atoms with Gasteiger partial charge >= 0.3 is 24.1 Å². The van der Waals surface area contributed by atoms with Crippen LogP contribution in [-0.2, 0) is 42.7 Å². The number of ether oxygens (including phenoxy) is 7. The molecule has 0 aromatic carbocycles. The zero-order valence-corrected chi connectivity index (χ0v) is 35.2. The fourth-order valence-corrected chi connectivity index (χ4v) is 7.70. The molecule has 5 aliphatic rings. The first-order chi connectivity index (χ1) is 25.8. The highest BCUT2D eigenvalue weighted by atomic mass is 32.2. The molecule has 5 saturated heterocycles. The Morgan fingerprint density at radius 2 is 1.25 bits per heavy atom. The molecule has 4 atom stereocenters. The number of unbranched alkanes of at least 4 members (excludes halogenated alkanes) is 2. The lowest BCUT2D eigenvalue weighted by atomic mass is 9.93. The summed E-state index contributed by atoms with van der Waals surface area (Å²) in [4.78, 5) is 48.1. The first kappa shape index (κ1) is 46.8. The minimum atomic E-state index is -0.799. The van der Waals surface area contributed by atoms with Crippen LogP contribution in [-0.4, -0.2) is 128 Å². The second kappa shape index (κ2) is 21.3. The fourth-order valence-electron chi connectivity index (χ4n) is 5.21. The average Bonchev–Trinajstić information content (AvgIpc) is 3.90. The Bertz CT molecular complexity index is 1350. The van der Waals surface area contributed by atoms with Gasteiger partial charge in [-0.25, -0.2) is 9.59 Å². The summed E-state index contributed by atoms with van der Waals surface area (Å²) in [5, 5.41) is 23.8. The molecule has 0 aliphatic carbocycles. The lowest BCUT2D eigenvalue weighted by molar-refractivity contribution is -0.287. The molecule has 0 aromatic rings. The molecule has 0 radical (unpaired) electrons. The van der Waals surface area contributed by atoms with E-state index in [1.165, 1.54) is 0 Å². The zero-order valence-electron chi connectivity index (χ0n) is 33.6. The molecule has 2 unspecified atom stereocenters. The fraction of sp³-hybridized carbons (Fsp3) is 0.789. The van der Waals surface area contributed by atoms with Crippen LogP contribution >= 0.6 is 23.5 Å². The molecule has 314 valence electrons. The number of esters is 2. The van der Waals surface area contributed by atoms with Crippen LogP contribution in [0.4, 0.5) is 9.59 Å². The third-order valence-corrected chi connectivity index (χ3v) is 11.7. The van der Waals surface area contributed by atoms with E-state index in [0.29, 0.717) is 45.5 Å². The summed E-state index contributed by atoms with van der Waals surface area (Å²) in [6.07, 6.45) is 6.46. The largest absolute Gasteiger partial charge is 0.465 e. The highest BCUT2D eigenvalue weighted by Gasteiger charge is 2.43. The number of carbonyl (C=O) groups is 4. The first-order valence-corrected chi connectivity index (χ1v) is 20.7. The number of fused-ring (bicyclic) bond motifs is 2. The van der Waals surface area contributed by atoms with Crippen LogP contribution in [0, 0.1) is 10.8 Å². The van der Waals surface area contributed by atoms with Crippen molar-refractivity contribution in [2.24, 2.45) is 10.8 Å². The quantitative estimate of drug-likeness (QED) is 0.106. The van der Waals surface area contributed by atoms with E-state index in [1.807, 2.05) is 47.6 Å². The Hall–Kier alpha value is -2.54. The maximum Gasteiger partial charge on any atom is 0.408 e. The molecule has 5 heterocycles. The normalized spacial score (nSPS) is 26.3. The lowest BCUT2D eigenvalue weighted by Gasteiger charge is -2.40. The lowest BCUT2D eigenvalue weighted by Crippen LogP contribution is -2.47. The van der Waals surface area contributed by atoms with Crippen LogP contribution < -0.4 is 10.6 Å². The third-order valence-electron chi connectivity index (χ3n) is 9.16. The van der Waals surface area contributed by atoms with Crippen LogP contribution in [0.3, 0.4) is 0 Å². The van der Waals surface area contributed by atoms with E-state index in [4.69, 9.17) is 43.4 Å². The smallest absolute Gasteiger partial charge is 0.408 e. The Morgan fingerprint density at radius 3 is 1.67 bits per heavy atom. The average molecular weight is 819 g/mol. The molecule has 15 nitrogen and oxygen atoms in total. The van der Waals surface area contributed by atoms with Crippen LogP contribution in [0.5, 0.6) is 0 Å². The predicted octanol–water partition coefficient (Wildman–Crippen LogP) is 4.83. The van der Waals surface area contributed by atoms with Gasteiger partial charge in [0.25, 0.3) is 0 Å². The summed E-state index contributed by atoms with van der Waals surface area (Å²) in [6.45, 7) is 14.3. The standard InChI is InChI=1S/C18H27NO6S.C15H23NO6S.C5H12O/c1-17(2)23-10-18(3,11-24-17)9-22-14(20)7-5-4-6-13-15-12(8-26-13)19-16(21)25-15;1-15(7-17,8-18)9-21-12(19)5-3-2-4-11-13-10(6-23-11)16-14(20)22-13;1-5(2,3)6-4/h6,12,15H,4-5,7-11H2,1-3H3,(H,19,21);4,10,13,17-18H,2-3,5-9H2,1H3,(H,16,20);1-4H3/t12?,15-;10?,13-;/m00./s1. The van der Waals surface area contributed by atoms with Crippen LogP contribution in [0.15, 0.2) is 22.0 Å². The van der Waals surface area contributed by atoms with Crippen molar-refractivity contribution in [3.8, 4) is 0 Å². The van der Waals surface area contributed by atoms with Gasteiger partial charge in [-0.3, -0.25) is 9.59 Å². The number of methoxy groups -OCH3 is 1. The van der Waals surface area contributed by atoms with Gasteiger partial charge in [-0.2, -0.15) is 0 Å². The van der Waals surface area contributed by atoms with Crippen molar-refractivity contribution < 1.29 is 62.5 Å². The summed E-state index contributed by atoms with van der Waals surface area (Å²) in [7, 11) is 1.71. The molecule has 0 spiro atoms. The Kier molecular flexibility index (Phi) is 18.1. The molecule has 55 heavy (non-hydrogen) atoms. The minimum absolute atomic E-state index is 0.00114. The number of hydrogen-bond acceptors (Lipinski definition) is 15. The van der Waals surface area contributed by atoms with Crippen molar-refractivity contribution in [2.75, 3.05) is 58.3 Å².